The number of anilines is 1. The Morgan fingerprint density at radius 1 is 1.25 bits per heavy atom. The SMILES string of the molecule is C=CCNC(=O)C(C)(C)C(=O)Nc1ccccc1CC. The van der Waals surface area contributed by atoms with Crippen LogP contribution in [0.4, 0.5) is 5.69 Å². The third kappa shape index (κ3) is 3.70. The van der Waals surface area contributed by atoms with Crippen LogP contribution in [-0.4, -0.2) is 18.4 Å². The molecule has 1 aromatic rings. The summed E-state index contributed by atoms with van der Waals surface area (Å²) < 4.78 is 0. The zero-order chi connectivity index (χ0) is 15.2. The van der Waals surface area contributed by atoms with Gasteiger partial charge in [-0.3, -0.25) is 9.59 Å². The van der Waals surface area contributed by atoms with Crippen molar-refractivity contribution in [2.24, 2.45) is 5.41 Å². The molecular weight excluding hydrogens is 252 g/mol. The summed E-state index contributed by atoms with van der Waals surface area (Å²) >= 11 is 0. The van der Waals surface area contributed by atoms with E-state index in [1.54, 1.807) is 19.9 Å². The van der Waals surface area contributed by atoms with E-state index in [0.717, 1.165) is 17.7 Å². The summed E-state index contributed by atoms with van der Waals surface area (Å²) in [5.41, 5.74) is 0.664. The number of para-hydroxylation sites is 1. The minimum Gasteiger partial charge on any atom is -0.352 e. The smallest absolute Gasteiger partial charge is 0.239 e. The number of carbonyl (C=O) groups is 2. The molecule has 0 aromatic heterocycles. The van der Waals surface area contributed by atoms with Gasteiger partial charge in [-0.1, -0.05) is 31.2 Å². The summed E-state index contributed by atoms with van der Waals surface area (Å²) in [6, 6.07) is 7.59. The highest BCUT2D eigenvalue weighted by atomic mass is 16.2. The van der Waals surface area contributed by atoms with E-state index in [1.807, 2.05) is 31.2 Å². The number of aryl methyl sites for hydroxylation is 1. The lowest BCUT2D eigenvalue weighted by Crippen LogP contribution is -2.45. The van der Waals surface area contributed by atoms with E-state index >= 15 is 0 Å². The summed E-state index contributed by atoms with van der Waals surface area (Å²) in [5.74, 6) is -0.635. The lowest BCUT2D eigenvalue weighted by Gasteiger charge is -2.23. The highest BCUT2D eigenvalue weighted by Crippen LogP contribution is 2.21. The van der Waals surface area contributed by atoms with Crippen molar-refractivity contribution in [3.8, 4) is 0 Å². The van der Waals surface area contributed by atoms with Gasteiger partial charge in [0.25, 0.3) is 0 Å². The van der Waals surface area contributed by atoms with Gasteiger partial charge in [0.15, 0.2) is 0 Å². The van der Waals surface area contributed by atoms with Gasteiger partial charge in [0.2, 0.25) is 11.8 Å². The monoisotopic (exact) mass is 274 g/mol. The van der Waals surface area contributed by atoms with Crippen molar-refractivity contribution < 1.29 is 9.59 Å². The van der Waals surface area contributed by atoms with Crippen LogP contribution in [0.2, 0.25) is 0 Å². The van der Waals surface area contributed by atoms with Crippen molar-refractivity contribution in [2.75, 3.05) is 11.9 Å². The molecule has 2 N–H and O–H groups in total. The summed E-state index contributed by atoms with van der Waals surface area (Å²) in [4.78, 5) is 24.3. The van der Waals surface area contributed by atoms with E-state index in [4.69, 9.17) is 0 Å². The van der Waals surface area contributed by atoms with Crippen molar-refractivity contribution in [2.45, 2.75) is 27.2 Å². The lowest BCUT2D eigenvalue weighted by atomic mass is 9.90. The second-order valence-electron chi connectivity index (χ2n) is 5.09. The molecule has 4 heteroatoms. The van der Waals surface area contributed by atoms with Gasteiger partial charge in [0.1, 0.15) is 5.41 Å². The third-order valence-electron chi connectivity index (χ3n) is 3.19. The molecule has 2 amide bonds. The highest BCUT2D eigenvalue weighted by molar-refractivity contribution is 6.10. The second kappa shape index (κ2) is 6.89. The standard InChI is InChI=1S/C16H22N2O2/c1-5-11-17-14(19)16(3,4)15(20)18-13-10-8-7-9-12(13)6-2/h5,7-10H,1,6,11H2,2-4H3,(H,17,19)(H,18,20). The molecular formula is C16H22N2O2. The van der Waals surface area contributed by atoms with Crippen molar-refractivity contribution in [1.29, 1.82) is 0 Å². The summed E-state index contributed by atoms with van der Waals surface area (Å²) in [7, 11) is 0. The Kier molecular flexibility index (Phi) is 5.50. The number of nitrogens with one attached hydrogen (secondary N) is 2. The molecule has 20 heavy (non-hydrogen) atoms. The van der Waals surface area contributed by atoms with E-state index < -0.39 is 5.41 Å². The fourth-order valence-corrected chi connectivity index (χ4v) is 1.72. The van der Waals surface area contributed by atoms with Gasteiger partial charge >= 0.3 is 0 Å². The number of rotatable bonds is 6. The fraction of sp³-hybridized carbons (Fsp3) is 0.375. The quantitative estimate of drug-likeness (QED) is 0.618. The van der Waals surface area contributed by atoms with Gasteiger partial charge in [0.05, 0.1) is 0 Å². The minimum atomic E-state index is -1.14. The predicted octanol–water partition coefficient (Wildman–Crippen LogP) is 2.52. The van der Waals surface area contributed by atoms with Gasteiger partial charge in [-0.2, -0.15) is 0 Å². The highest BCUT2D eigenvalue weighted by Gasteiger charge is 2.35. The Labute approximate surface area is 120 Å². The van der Waals surface area contributed by atoms with E-state index in [-0.39, 0.29) is 11.8 Å². The van der Waals surface area contributed by atoms with Crippen LogP contribution in [0.15, 0.2) is 36.9 Å². The number of carbonyl (C=O) groups excluding carboxylic acids is 2. The molecule has 0 saturated carbocycles. The molecule has 0 atom stereocenters. The summed E-state index contributed by atoms with van der Waals surface area (Å²) in [6.07, 6.45) is 2.40. The van der Waals surface area contributed by atoms with E-state index in [2.05, 4.69) is 17.2 Å². The van der Waals surface area contributed by atoms with Crippen LogP contribution in [0.1, 0.15) is 26.3 Å². The van der Waals surface area contributed by atoms with Crippen LogP contribution in [0.3, 0.4) is 0 Å². The van der Waals surface area contributed by atoms with Crippen LogP contribution in [-0.2, 0) is 16.0 Å². The van der Waals surface area contributed by atoms with Crippen LogP contribution >= 0.6 is 0 Å². The first-order valence-corrected chi connectivity index (χ1v) is 6.72. The molecule has 0 aliphatic heterocycles. The first-order valence-electron chi connectivity index (χ1n) is 6.72. The molecule has 0 heterocycles. The first kappa shape index (κ1) is 16.0. The van der Waals surface area contributed by atoms with Crippen LogP contribution in [0, 0.1) is 5.41 Å². The average Bonchev–Trinajstić information content (AvgIpc) is 2.45. The summed E-state index contributed by atoms with van der Waals surface area (Å²) in [6.45, 7) is 9.12. The molecule has 0 fully saturated rings. The second-order valence-corrected chi connectivity index (χ2v) is 5.09. The zero-order valence-corrected chi connectivity index (χ0v) is 12.3. The molecule has 4 nitrogen and oxygen atoms in total. The van der Waals surface area contributed by atoms with E-state index in [0.29, 0.717) is 6.54 Å². The molecule has 0 saturated heterocycles. The van der Waals surface area contributed by atoms with Crippen LogP contribution < -0.4 is 10.6 Å². The third-order valence-corrected chi connectivity index (χ3v) is 3.19. The van der Waals surface area contributed by atoms with Crippen molar-refractivity contribution in [3.63, 3.8) is 0 Å². The predicted molar refractivity (Wildman–Crippen MR) is 81.4 cm³/mol. The summed E-state index contributed by atoms with van der Waals surface area (Å²) in [5, 5.41) is 5.48. The Bertz CT molecular complexity index is 507. The molecule has 108 valence electrons. The van der Waals surface area contributed by atoms with Crippen molar-refractivity contribution >= 4 is 17.5 Å². The first-order chi connectivity index (χ1) is 9.43. The Morgan fingerprint density at radius 3 is 2.50 bits per heavy atom. The molecule has 0 aliphatic rings. The number of benzene rings is 1. The van der Waals surface area contributed by atoms with Gasteiger partial charge in [0, 0.05) is 12.2 Å². The normalized spacial score (nSPS) is 10.8. The van der Waals surface area contributed by atoms with Gasteiger partial charge in [-0.15, -0.1) is 6.58 Å². The molecule has 0 spiro atoms. The Hall–Kier alpha value is -2.10. The fourth-order valence-electron chi connectivity index (χ4n) is 1.72. The molecule has 0 aliphatic carbocycles. The Morgan fingerprint density at radius 2 is 1.90 bits per heavy atom. The molecule has 0 unspecified atom stereocenters. The molecule has 1 aromatic carbocycles. The molecule has 1 rings (SSSR count). The van der Waals surface area contributed by atoms with Crippen LogP contribution in [0.25, 0.3) is 0 Å². The largest absolute Gasteiger partial charge is 0.352 e. The minimum absolute atomic E-state index is 0.316. The molecule has 0 bridgehead atoms. The number of amides is 2. The number of hydrogen-bond acceptors (Lipinski definition) is 2. The van der Waals surface area contributed by atoms with Gasteiger partial charge in [-0.25, -0.2) is 0 Å². The zero-order valence-electron chi connectivity index (χ0n) is 12.3. The van der Waals surface area contributed by atoms with Crippen molar-refractivity contribution in [3.05, 3.63) is 42.5 Å². The van der Waals surface area contributed by atoms with Gasteiger partial charge in [-0.05, 0) is 31.9 Å². The molecule has 0 radical (unpaired) electrons. The maximum atomic E-state index is 12.3. The van der Waals surface area contributed by atoms with Gasteiger partial charge < -0.3 is 10.6 Å². The average molecular weight is 274 g/mol. The Balaban J connectivity index is 2.83. The van der Waals surface area contributed by atoms with Crippen molar-refractivity contribution in [1.82, 2.24) is 5.32 Å². The maximum Gasteiger partial charge on any atom is 0.239 e. The van der Waals surface area contributed by atoms with E-state index in [9.17, 15) is 9.59 Å². The van der Waals surface area contributed by atoms with Crippen LogP contribution in [0.5, 0.6) is 0 Å². The van der Waals surface area contributed by atoms with E-state index in [1.165, 1.54) is 0 Å². The maximum absolute atomic E-state index is 12.3. The number of hydrogen-bond donors (Lipinski definition) is 2. The lowest BCUT2D eigenvalue weighted by molar-refractivity contribution is -0.138. The topological polar surface area (TPSA) is 58.2 Å².